The average Bonchev–Trinajstić information content (AvgIpc) is 2.76. The predicted molar refractivity (Wildman–Crippen MR) is 113 cm³/mol. The fourth-order valence-electron chi connectivity index (χ4n) is 2.30. The van der Waals surface area contributed by atoms with E-state index in [1.54, 1.807) is 31.2 Å². The Morgan fingerprint density at radius 1 is 0.871 bits per heavy atom. The van der Waals surface area contributed by atoms with Gasteiger partial charge in [-0.3, -0.25) is 25.7 Å². The Hall–Kier alpha value is -4.81. The highest BCUT2D eigenvalue weighted by Crippen LogP contribution is 2.14. The van der Waals surface area contributed by atoms with Crippen LogP contribution in [-0.2, 0) is 0 Å². The van der Waals surface area contributed by atoms with Crippen molar-refractivity contribution >= 4 is 35.6 Å². The standard InChI is InChI=1S/C18H15N9O4/c1-12-17(23-19-10-13-4-2-6-15(8-13)26(28)29)21-18(25-22-12)24-20-11-14-5-3-7-16(9-14)27(30)31/h2-11H,1H3,(H2,21,23,24,25). The third kappa shape index (κ3) is 5.83. The van der Waals surface area contributed by atoms with E-state index < -0.39 is 9.85 Å². The van der Waals surface area contributed by atoms with Crippen molar-refractivity contribution in [1.29, 1.82) is 0 Å². The molecule has 1 aromatic heterocycles. The Morgan fingerprint density at radius 3 is 1.97 bits per heavy atom. The van der Waals surface area contributed by atoms with Gasteiger partial charge in [-0.1, -0.05) is 24.3 Å². The number of benzene rings is 2. The van der Waals surface area contributed by atoms with E-state index in [0.717, 1.165) is 0 Å². The number of aromatic nitrogens is 3. The molecule has 0 fully saturated rings. The van der Waals surface area contributed by atoms with E-state index in [4.69, 9.17) is 0 Å². The van der Waals surface area contributed by atoms with Gasteiger partial charge in [0.2, 0.25) is 0 Å². The number of hydrogen-bond donors (Lipinski definition) is 2. The summed E-state index contributed by atoms with van der Waals surface area (Å²) in [5.74, 6) is 0.366. The zero-order valence-corrected chi connectivity index (χ0v) is 16.0. The molecule has 0 aliphatic rings. The molecule has 0 saturated carbocycles. The lowest BCUT2D eigenvalue weighted by molar-refractivity contribution is -0.385. The predicted octanol–water partition coefficient (Wildman–Crippen LogP) is 2.89. The lowest BCUT2D eigenvalue weighted by Gasteiger charge is -2.04. The van der Waals surface area contributed by atoms with Crippen LogP contribution in [0.1, 0.15) is 16.8 Å². The van der Waals surface area contributed by atoms with Crippen LogP contribution in [0.2, 0.25) is 0 Å². The minimum Gasteiger partial charge on any atom is -0.260 e. The average molecular weight is 421 g/mol. The summed E-state index contributed by atoms with van der Waals surface area (Å²) in [6.07, 6.45) is 2.78. The van der Waals surface area contributed by atoms with Crippen LogP contribution in [0, 0.1) is 27.2 Å². The van der Waals surface area contributed by atoms with Crippen molar-refractivity contribution in [2.75, 3.05) is 10.9 Å². The van der Waals surface area contributed by atoms with Gasteiger partial charge in [0.05, 0.1) is 22.3 Å². The minimum atomic E-state index is -0.496. The van der Waals surface area contributed by atoms with Gasteiger partial charge in [0.1, 0.15) is 5.69 Å². The third-order valence-electron chi connectivity index (χ3n) is 3.78. The summed E-state index contributed by atoms with van der Waals surface area (Å²) in [6, 6.07) is 11.9. The lowest BCUT2D eigenvalue weighted by Crippen LogP contribution is -2.05. The monoisotopic (exact) mass is 421 g/mol. The Labute approximate surface area is 174 Å². The molecule has 0 aliphatic heterocycles. The van der Waals surface area contributed by atoms with Crippen molar-refractivity contribution in [2.45, 2.75) is 6.92 Å². The molecule has 13 nitrogen and oxygen atoms in total. The molecule has 2 N–H and O–H groups in total. The largest absolute Gasteiger partial charge is 0.270 e. The summed E-state index contributed by atoms with van der Waals surface area (Å²) in [5, 5.41) is 37.4. The molecule has 0 amide bonds. The fraction of sp³-hybridized carbons (Fsp3) is 0.0556. The van der Waals surface area contributed by atoms with E-state index in [1.807, 2.05) is 0 Å². The van der Waals surface area contributed by atoms with Gasteiger partial charge in [0, 0.05) is 35.4 Å². The molecule has 1 heterocycles. The van der Waals surface area contributed by atoms with Gasteiger partial charge >= 0.3 is 0 Å². The molecule has 156 valence electrons. The van der Waals surface area contributed by atoms with Crippen LogP contribution in [-0.4, -0.2) is 37.5 Å². The molecule has 0 aliphatic carbocycles. The maximum atomic E-state index is 10.8. The van der Waals surface area contributed by atoms with Crippen LogP contribution in [0.4, 0.5) is 23.1 Å². The van der Waals surface area contributed by atoms with Crippen LogP contribution in [0.15, 0.2) is 58.7 Å². The topological polar surface area (TPSA) is 174 Å². The number of hydrogen-bond acceptors (Lipinski definition) is 11. The number of nitrogens with one attached hydrogen (secondary N) is 2. The Morgan fingerprint density at radius 2 is 1.42 bits per heavy atom. The van der Waals surface area contributed by atoms with E-state index in [2.05, 4.69) is 36.2 Å². The quantitative estimate of drug-likeness (QED) is 0.315. The van der Waals surface area contributed by atoms with Gasteiger partial charge in [-0.15, -0.1) is 10.2 Å². The lowest BCUT2D eigenvalue weighted by atomic mass is 10.2. The molecule has 13 heteroatoms. The molecule has 0 radical (unpaired) electrons. The van der Waals surface area contributed by atoms with Gasteiger partial charge < -0.3 is 0 Å². The van der Waals surface area contributed by atoms with Gasteiger partial charge in [-0.05, 0) is 6.92 Å². The normalized spacial score (nSPS) is 11.0. The minimum absolute atomic E-state index is 0.0445. The van der Waals surface area contributed by atoms with Crippen LogP contribution in [0.3, 0.4) is 0 Å². The maximum Gasteiger partial charge on any atom is 0.270 e. The van der Waals surface area contributed by atoms with Crippen molar-refractivity contribution in [1.82, 2.24) is 15.2 Å². The van der Waals surface area contributed by atoms with Crippen molar-refractivity contribution in [2.24, 2.45) is 10.2 Å². The van der Waals surface area contributed by atoms with Crippen molar-refractivity contribution in [3.63, 3.8) is 0 Å². The molecule has 2 aromatic carbocycles. The second kappa shape index (κ2) is 9.60. The number of nitro benzene ring substituents is 2. The molecule has 0 saturated heterocycles. The van der Waals surface area contributed by atoms with E-state index in [-0.39, 0.29) is 17.3 Å². The number of non-ortho nitro benzene ring substituents is 2. The molecule has 0 unspecified atom stereocenters. The second-order valence-corrected chi connectivity index (χ2v) is 6.01. The first-order valence-corrected chi connectivity index (χ1v) is 8.71. The molecule has 0 spiro atoms. The van der Waals surface area contributed by atoms with E-state index in [0.29, 0.717) is 22.6 Å². The Bertz CT molecular complexity index is 1180. The first kappa shape index (κ1) is 20.9. The molecule has 0 atom stereocenters. The molecular weight excluding hydrogens is 406 g/mol. The first-order valence-electron chi connectivity index (χ1n) is 8.71. The third-order valence-corrected chi connectivity index (χ3v) is 3.78. The summed E-state index contributed by atoms with van der Waals surface area (Å²) in [6.45, 7) is 1.67. The summed E-state index contributed by atoms with van der Waals surface area (Å²) in [7, 11) is 0. The van der Waals surface area contributed by atoms with Crippen molar-refractivity contribution in [3.8, 4) is 0 Å². The van der Waals surface area contributed by atoms with Gasteiger partial charge in [-0.25, -0.2) is 5.43 Å². The Balaban J connectivity index is 1.66. The number of aryl methyl sites for hydroxylation is 1. The van der Waals surface area contributed by atoms with Crippen LogP contribution in [0.25, 0.3) is 0 Å². The highest BCUT2D eigenvalue weighted by Gasteiger charge is 2.06. The van der Waals surface area contributed by atoms with Gasteiger partial charge in [-0.2, -0.15) is 15.2 Å². The van der Waals surface area contributed by atoms with Gasteiger partial charge in [0.15, 0.2) is 5.82 Å². The molecule has 0 bridgehead atoms. The zero-order chi connectivity index (χ0) is 22.2. The fourth-order valence-corrected chi connectivity index (χ4v) is 2.30. The number of hydrazone groups is 2. The number of rotatable bonds is 8. The highest BCUT2D eigenvalue weighted by atomic mass is 16.6. The van der Waals surface area contributed by atoms with E-state index in [1.165, 1.54) is 36.7 Å². The molecular formula is C18H15N9O4. The Kier molecular flexibility index (Phi) is 6.47. The molecule has 3 rings (SSSR count). The van der Waals surface area contributed by atoms with Crippen molar-refractivity contribution in [3.05, 3.63) is 85.6 Å². The highest BCUT2D eigenvalue weighted by molar-refractivity contribution is 5.81. The maximum absolute atomic E-state index is 10.8. The zero-order valence-electron chi connectivity index (χ0n) is 16.0. The van der Waals surface area contributed by atoms with Crippen LogP contribution >= 0.6 is 0 Å². The number of anilines is 2. The smallest absolute Gasteiger partial charge is 0.260 e. The number of nitro groups is 2. The summed E-state index contributed by atoms with van der Waals surface area (Å²) < 4.78 is 0. The van der Waals surface area contributed by atoms with E-state index in [9.17, 15) is 20.2 Å². The van der Waals surface area contributed by atoms with Gasteiger partial charge in [0.25, 0.3) is 17.3 Å². The summed E-state index contributed by atoms with van der Waals surface area (Å²) in [4.78, 5) is 24.8. The van der Waals surface area contributed by atoms with Crippen LogP contribution < -0.4 is 10.9 Å². The summed E-state index contributed by atoms with van der Waals surface area (Å²) in [5.41, 5.74) is 6.69. The SMILES string of the molecule is Cc1nnc(NN=Cc2cccc([N+](=O)[O-])c2)nc1NN=Cc1cccc([N+](=O)[O-])c1. The molecule has 31 heavy (non-hydrogen) atoms. The molecule has 3 aromatic rings. The second-order valence-electron chi connectivity index (χ2n) is 6.01. The van der Waals surface area contributed by atoms with Crippen LogP contribution in [0.5, 0.6) is 0 Å². The van der Waals surface area contributed by atoms with Crippen molar-refractivity contribution < 1.29 is 9.85 Å². The van der Waals surface area contributed by atoms with E-state index >= 15 is 0 Å². The first-order chi connectivity index (χ1) is 14.9. The number of nitrogens with zero attached hydrogens (tertiary/aromatic N) is 7. The summed E-state index contributed by atoms with van der Waals surface area (Å²) >= 11 is 0.